The molecule has 0 aliphatic rings. The summed E-state index contributed by atoms with van der Waals surface area (Å²) in [5.74, 6) is 0.935. The van der Waals surface area contributed by atoms with Gasteiger partial charge in [0.15, 0.2) is 0 Å². The van der Waals surface area contributed by atoms with Crippen molar-refractivity contribution in [3.05, 3.63) is 29.3 Å². The van der Waals surface area contributed by atoms with Gasteiger partial charge in [0.2, 0.25) is 0 Å². The van der Waals surface area contributed by atoms with Gasteiger partial charge in [-0.05, 0) is 49.4 Å². The zero-order valence-corrected chi connectivity index (χ0v) is 12.0. The standard InChI is InChI=1S/C15H26N2O/c1-5-18-13-7-6-12(10-11(13)2)14(17)15(3,4)8-9-16/h6-7,10,14H,5,8-9,16-17H2,1-4H3. The SMILES string of the molecule is CCOc1ccc(C(N)C(C)(C)CCN)cc1C. The Kier molecular flexibility index (Phi) is 5.17. The number of benzene rings is 1. The first-order valence-electron chi connectivity index (χ1n) is 6.61. The fourth-order valence-electron chi connectivity index (χ4n) is 2.16. The van der Waals surface area contributed by atoms with E-state index in [0.29, 0.717) is 13.2 Å². The highest BCUT2D eigenvalue weighted by Crippen LogP contribution is 2.35. The van der Waals surface area contributed by atoms with E-state index in [1.54, 1.807) is 0 Å². The van der Waals surface area contributed by atoms with Crippen LogP contribution in [0.25, 0.3) is 0 Å². The third-order valence-electron chi connectivity index (χ3n) is 3.49. The molecule has 18 heavy (non-hydrogen) atoms. The van der Waals surface area contributed by atoms with E-state index in [1.165, 1.54) is 0 Å². The molecule has 4 N–H and O–H groups in total. The molecule has 0 bridgehead atoms. The Labute approximate surface area is 111 Å². The van der Waals surface area contributed by atoms with Crippen molar-refractivity contribution in [1.29, 1.82) is 0 Å². The van der Waals surface area contributed by atoms with Crippen LogP contribution in [0, 0.1) is 12.3 Å². The van der Waals surface area contributed by atoms with E-state index >= 15 is 0 Å². The Bertz CT molecular complexity index is 388. The Balaban J connectivity index is 2.93. The minimum atomic E-state index is -0.00423. The van der Waals surface area contributed by atoms with Gasteiger partial charge in [0.25, 0.3) is 0 Å². The average Bonchev–Trinajstić information content (AvgIpc) is 2.31. The van der Waals surface area contributed by atoms with Gasteiger partial charge >= 0.3 is 0 Å². The molecule has 3 nitrogen and oxygen atoms in total. The lowest BCUT2D eigenvalue weighted by Crippen LogP contribution is -2.31. The molecule has 0 saturated heterocycles. The molecule has 0 fully saturated rings. The monoisotopic (exact) mass is 250 g/mol. The van der Waals surface area contributed by atoms with Crippen LogP contribution in [0.5, 0.6) is 5.75 Å². The molecule has 0 saturated carbocycles. The van der Waals surface area contributed by atoms with Crippen LogP contribution in [-0.2, 0) is 0 Å². The van der Waals surface area contributed by atoms with E-state index in [0.717, 1.165) is 23.3 Å². The highest BCUT2D eigenvalue weighted by molar-refractivity contribution is 5.37. The van der Waals surface area contributed by atoms with E-state index in [2.05, 4.69) is 32.9 Å². The van der Waals surface area contributed by atoms with Crippen molar-refractivity contribution in [3.8, 4) is 5.75 Å². The number of rotatable bonds is 6. The van der Waals surface area contributed by atoms with Gasteiger partial charge in [-0.3, -0.25) is 0 Å². The lowest BCUT2D eigenvalue weighted by molar-refractivity contribution is 0.270. The quantitative estimate of drug-likeness (QED) is 0.816. The number of nitrogens with two attached hydrogens (primary N) is 2. The van der Waals surface area contributed by atoms with E-state index in [-0.39, 0.29) is 11.5 Å². The maximum atomic E-state index is 6.36. The van der Waals surface area contributed by atoms with Gasteiger partial charge in [-0.1, -0.05) is 26.0 Å². The van der Waals surface area contributed by atoms with Gasteiger partial charge in [-0.25, -0.2) is 0 Å². The Morgan fingerprint density at radius 2 is 2.00 bits per heavy atom. The maximum Gasteiger partial charge on any atom is 0.122 e. The summed E-state index contributed by atoms with van der Waals surface area (Å²) in [7, 11) is 0. The van der Waals surface area contributed by atoms with Crippen LogP contribution in [0.15, 0.2) is 18.2 Å². The molecule has 1 aromatic carbocycles. The summed E-state index contributed by atoms with van der Waals surface area (Å²) in [6.07, 6.45) is 0.917. The molecule has 0 aliphatic heterocycles. The van der Waals surface area contributed by atoms with Crippen LogP contribution in [0.1, 0.15) is 44.4 Å². The predicted molar refractivity (Wildman–Crippen MR) is 76.7 cm³/mol. The minimum absolute atomic E-state index is 0.00423. The van der Waals surface area contributed by atoms with Gasteiger partial charge in [0.05, 0.1) is 6.61 Å². The minimum Gasteiger partial charge on any atom is -0.494 e. The van der Waals surface area contributed by atoms with Crippen LogP contribution in [-0.4, -0.2) is 13.2 Å². The van der Waals surface area contributed by atoms with E-state index < -0.39 is 0 Å². The molecule has 102 valence electrons. The molecular weight excluding hydrogens is 224 g/mol. The first-order valence-corrected chi connectivity index (χ1v) is 6.61. The van der Waals surface area contributed by atoms with Gasteiger partial charge < -0.3 is 16.2 Å². The third-order valence-corrected chi connectivity index (χ3v) is 3.49. The molecule has 0 spiro atoms. The molecule has 0 amide bonds. The molecule has 0 aliphatic carbocycles. The lowest BCUT2D eigenvalue weighted by atomic mass is 9.78. The van der Waals surface area contributed by atoms with Crippen LogP contribution in [0.2, 0.25) is 0 Å². The topological polar surface area (TPSA) is 61.3 Å². The summed E-state index contributed by atoms with van der Waals surface area (Å²) in [6.45, 7) is 9.72. The van der Waals surface area contributed by atoms with E-state index in [9.17, 15) is 0 Å². The molecule has 1 rings (SSSR count). The second kappa shape index (κ2) is 6.21. The number of ether oxygens (including phenoxy) is 1. The van der Waals surface area contributed by atoms with Crippen molar-refractivity contribution in [2.24, 2.45) is 16.9 Å². The molecule has 1 atom stereocenters. The Morgan fingerprint density at radius 1 is 1.33 bits per heavy atom. The molecule has 1 aromatic rings. The summed E-state index contributed by atoms with van der Waals surface area (Å²) in [6, 6.07) is 6.18. The van der Waals surface area contributed by atoms with Crippen molar-refractivity contribution in [2.45, 2.75) is 40.2 Å². The first-order chi connectivity index (χ1) is 8.42. The Hall–Kier alpha value is -1.06. The van der Waals surface area contributed by atoms with Crippen LogP contribution in [0.3, 0.4) is 0 Å². The highest BCUT2D eigenvalue weighted by atomic mass is 16.5. The lowest BCUT2D eigenvalue weighted by Gasteiger charge is -2.32. The average molecular weight is 250 g/mol. The van der Waals surface area contributed by atoms with E-state index in [1.807, 2.05) is 13.0 Å². The van der Waals surface area contributed by atoms with Crippen LogP contribution in [0.4, 0.5) is 0 Å². The van der Waals surface area contributed by atoms with Crippen LogP contribution < -0.4 is 16.2 Å². The number of aryl methyl sites for hydroxylation is 1. The van der Waals surface area contributed by atoms with Gasteiger partial charge in [-0.2, -0.15) is 0 Å². The fraction of sp³-hybridized carbons (Fsp3) is 0.600. The summed E-state index contributed by atoms with van der Waals surface area (Å²) >= 11 is 0. The molecule has 1 unspecified atom stereocenters. The summed E-state index contributed by atoms with van der Waals surface area (Å²) in [5, 5.41) is 0. The molecule has 0 radical (unpaired) electrons. The third kappa shape index (κ3) is 3.47. The second-order valence-corrected chi connectivity index (χ2v) is 5.46. The van der Waals surface area contributed by atoms with Crippen molar-refractivity contribution < 1.29 is 4.74 Å². The van der Waals surface area contributed by atoms with Crippen molar-refractivity contribution in [1.82, 2.24) is 0 Å². The van der Waals surface area contributed by atoms with Crippen molar-refractivity contribution >= 4 is 0 Å². The van der Waals surface area contributed by atoms with E-state index in [4.69, 9.17) is 16.2 Å². The zero-order valence-electron chi connectivity index (χ0n) is 12.0. The number of hydrogen-bond donors (Lipinski definition) is 2. The predicted octanol–water partition coefficient (Wildman–Crippen LogP) is 2.77. The van der Waals surface area contributed by atoms with Gasteiger partial charge in [0.1, 0.15) is 5.75 Å². The molecule has 0 heterocycles. The zero-order chi connectivity index (χ0) is 13.8. The highest BCUT2D eigenvalue weighted by Gasteiger charge is 2.27. The molecule has 0 aromatic heterocycles. The summed E-state index contributed by atoms with van der Waals surface area (Å²) in [4.78, 5) is 0. The Morgan fingerprint density at radius 3 is 2.50 bits per heavy atom. The first kappa shape index (κ1) is 15.0. The summed E-state index contributed by atoms with van der Waals surface area (Å²) in [5.41, 5.74) is 14.3. The van der Waals surface area contributed by atoms with Gasteiger partial charge in [-0.15, -0.1) is 0 Å². The molecule has 3 heteroatoms. The largest absolute Gasteiger partial charge is 0.494 e. The van der Waals surface area contributed by atoms with Crippen molar-refractivity contribution in [3.63, 3.8) is 0 Å². The molecular formula is C15H26N2O. The van der Waals surface area contributed by atoms with Crippen LogP contribution >= 0.6 is 0 Å². The fourth-order valence-corrected chi connectivity index (χ4v) is 2.16. The maximum absolute atomic E-state index is 6.36. The normalized spacial score (nSPS) is 13.4. The van der Waals surface area contributed by atoms with Crippen molar-refractivity contribution in [2.75, 3.05) is 13.2 Å². The smallest absolute Gasteiger partial charge is 0.122 e. The number of hydrogen-bond acceptors (Lipinski definition) is 3. The second-order valence-electron chi connectivity index (χ2n) is 5.46. The summed E-state index contributed by atoms with van der Waals surface area (Å²) < 4.78 is 5.54. The van der Waals surface area contributed by atoms with Gasteiger partial charge in [0, 0.05) is 6.04 Å².